The van der Waals surface area contributed by atoms with Crippen LogP contribution in [0.5, 0.6) is 5.75 Å². The standard InChI is InChI=1S/C17H16BrN5O2S/c1-11(16(24)19-13-5-3-12(18)4-6-13)26-17-20-21-22-23(17)14-7-9-15(25-2)10-8-14/h3-11H,1-2H3,(H,19,24). The van der Waals surface area contributed by atoms with E-state index < -0.39 is 0 Å². The number of amides is 1. The number of nitrogens with one attached hydrogen (secondary N) is 1. The zero-order valence-corrected chi connectivity index (χ0v) is 16.5. The highest BCUT2D eigenvalue weighted by atomic mass is 79.9. The highest BCUT2D eigenvalue weighted by Crippen LogP contribution is 2.25. The Kier molecular flexibility index (Phi) is 5.89. The number of tetrazole rings is 1. The summed E-state index contributed by atoms with van der Waals surface area (Å²) in [5, 5.41) is 14.8. The minimum atomic E-state index is -0.373. The van der Waals surface area contributed by atoms with Crippen molar-refractivity contribution in [2.24, 2.45) is 0 Å². The van der Waals surface area contributed by atoms with E-state index in [1.54, 1.807) is 11.8 Å². The predicted octanol–water partition coefficient (Wildman–Crippen LogP) is 3.55. The smallest absolute Gasteiger partial charge is 0.237 e. The Balaban J connectivity index is 1.69. The van der Waals surface area contributed by atoms with Crippen molar-refractivity contribution in [2.75, 3.05) is 12.4 Å². The van der Waals surface area contributed by atoms with E-state index in [-0.39, 0.29) is 11.2 Å². The van der Waals surface area contributed by atoms with Crippen LogP contribution in [0.4, 0.5) is 5.69 Å². The van der Waals surface area contributed by atoms with Gasteiger partial charge in [-0.25, -0.2) is 0 Å². The lowest BCUT2D eigenvalue weighted by atomic mass is 10.3. The number of ether oxygens (including phenoxy) is 1. The van der Waals surface area contributed by atoms with Gasteiger partial charge in [0.1, 0.15) is 5.75 Å². The fraction of sp³-hybridized carbons (Fsp3) is 0.176. The Morgan fingerprint density at radius 2 is 1.88 bits per heavy atom. The molecule has 1 amide bonds. The van der Waals surface area contributed by atoms with Crippen molar-refractivity contribution in [3.05, 3.63) is 53.0 Å². The van der Waals surface area contributed by atoms with Crippen molar-refractivity contribution in [1.82, 2.24) is 20.2 Å². The molecule has 0 aliphatic carbocycles. The molecule has 1 unspecified atom stereocenters. The van der Waals surface area contributed by atoms with Crippen molar-refractivity contribution in [2.45, 2.75) is 17.3 Å². The third-order valence-corrected chi connectivity index (χ3v) is 5.08. The minimum absolute atomic E-state index is 0.124. The molecule has 134 valence electrons. The van der Waals surface area contributed by atoms with Gasteiger partial charge in [0.25, 0.3) is 0 Å². The van der Waals surface area contributed by atoms with E-state index in [0.29, 0.717) is 5.16 Å². The Hall–Kier alpha value is -2.39. The molecule has 9 heteroatoms. The molecule has 0 aliphatic rings. The quantitative estimate of drug-likeness (QED) is 0.598. The number of halogens is 1. The molecule has 1 N–H and O–H groups in total. The van der Waals surface area contributed by atoms with Gasteiger partial charge in [-0.05, 0) is 65.9 Å². The summed E-state index contributed by atoms with van der Waals surface area (Å²) in [6.07, 6.45) is 0. The number of carbonyl (C=O) groups is 1. The topological polar surface area (TPSA) is 81.9 Å². The zero-order valence-electron chi connectivity index (χ0n) is 14.1. The molecule has 2 aromatic carbocycles. The van der Waals surface area contributed by atoms with Gasteiger partial charge in [0.15, 0.2) is 0 Å². The largest absolute Gasteiger partial charge is 0.497 e. The Morgan fingerprint density at radius 1 is 1.19 bits per heavy atom. The predicted molar refractivity (Wildman–Crippen MR) is 104 cm³/mol. The number of rotatable bonds is 6. The monoisotopic (exact) mass is 433 g/mol. The molecule has 0 spiro atoms. The third-order valence-electron chi connectivity index (χ3n) is 3.52. The fourth-order valence-electron chi connectivity index (χ4n) is 2.13. The summed E-state index contributed by atoms with van der Waals surface area (Å²) in [6.45, 7) is 1.81. The average Bonchev–Trinajstić information content (AvgIpc) is 3.11. The zero-order chi connectivity index (χ0) is 18.5. The number of hydrogen-bond donors (Lipinski definition) is 1. The molecule has 0 saturated carbocycles. The molecule has 1 heterocycles. The highest BCUT2D eigenvalue weighted by Gasteiger charge is 2.19. The van der Waals surface area contributed by atoms with Crippen LogP contribution in [0.15, 0.2) is 58.2 Å². The maximum atomic E-state index is 12.4. The number of anilines is 1. The second kappa shape index (κ2) is 8.33. The lowest BCUT2D eigenvalue weighted by Gasteiger charge is -2.12. The Labute approximate surface area is 163 Å². The van der Waals surface area contributed by atoms with Crippen molar-refractivity contribution >= 4 is 39.3 Å². The molecule has 26 heavy (non-hydrogen) atoms. The first-order valence-corrected chi connectivity index (χ1v) is 9.40. The van der Waals surface area contributed by atoms with Crippen LogP contribution in [0.2, 0.25) is 0 Å². The summed E-state index contributed by atoms with van der Waals surface area (Å²) in [5.41, 5.74) is 1.53. The molecule has 3 aromatic rings. The molecule has 0 radical (unpaired) electrons. The lowest BCUT2D eigenvalue weighted by Crippen LogP contribution is -2.22. The first kappa shape index (κ1) is 18.4. The maximum Gasteiger partial charge on any atom is 0.237 e. The number of carbonyl (C=O) groups excluding carboxylic acids is 1. The van der Waals surface area contributed by atoms with Crippen LogP contribution in [0.25, 0.3) is 5.69 Å². The number of hydrogen-bond acceptors (Lipinski definition) is 6. The molecule has 1 aromatic heterocycles. The van der Waals surface area contributed by atoms with Crippen LogP contribution < -0.4 is 10.1 Å². The molecule has 0 bridgehead atoms. The van der Waals surface area contributed by atoms with E-state index in [1.165, 1.54) is 11.8 Å². The molecular weight excluding hydrogens is 418 g/mol. The van der Waals surface area contributed by atoms with Gasteiger partial charge in [-0.2, -0.15) is 4.68 Å². The summed E-state index contributed by atoms with van der Waals surface area (Å²) in [6, 6.07) is 14.8. The van der Waals surface area contributed by atoms with Gasteiger partial charge >= 0.3 is 0 Å². The van der Waals surface area contributed by atoms with Crippen molar-refractivity contribution in [3.63, 3.8) is 0 Å². The SMILES string of the molecule is COc1ccc(-n2nnnc2SC(C)C(=O)Nc2ccc(Br)cc2)cc1. The van der Waals surface area contributed by atoms with Gasteiger partial charge in [0.2, 0.25) is 11.1 Å². The van der Waals surface area contributed by atoms with Crippen LogP contribution >= 0.6 is 27.7 Å². The number of methoxy groups -OCH3 is 1. The summed E-state index contributed by atoms with van der Waals surface area (Å²) < 4.78 is 7.70. The van der Waals surface area contributed by atoms with Gasteiger partial charge in [-0.1, -0.05) is 27.7 Å². The molecular formula is C17H16BrN5O2S. The van der Waals surface area contributed by atoms with Gasteiger partial charge in [-0.3, -0.25) is 4.79 Å². The molecule has 3 rings (SSSR count). The average molecular weight is 434 g/mol. The first-order valence-electron chi connectivity index (χ1n) is 7.72. The second-order valence-electron chi connectivity index (χ2n) is 5.33. The van der Waals surface area contributed by atoms with Crippen molar-refractivity contribution < 1.29 is 9.53 Å². The second-order valence-corrected chi connectivity index (χ2v) is 7.55. The van der Waals surface area contributed by atoms with Crippen LogP contribution in [0, 0.1) is 0 Å². The van der Waals surface area contributed by atoms with Gasteiger partial charge in [0.05, 0.1) is 18.0 Å². The van der Waals surface area contributed by atoms with Gasteiger partial charge in [0, 0.05) is 10.2 Å². The molecule has 0 aliphatic heterocycles. The normalized spacial score (nSPS) is 11.8. The van der Waals surface area contributed by atoms with E-state index in [4.69, 9.17) is 4.74 Å². The van der Waals surface area contributed by atoms with E-state index in [9.17, 15) is 4.79 Å². The minimum Gasteiger partial charge on any atom is -0.497 e. The first-order chi connectivity index (χ1) is 12.6. The number of aromatic nitrogens is 4. The summed E-state index contributed by atoms with van der Waals surface area (Å²) >= 11 is 4.66. The highest BCUT2D eigenvalue weighted by molar-refractivity contribution is 9.10. The molecule has 1 atom stereocenters. The van der Waals surface area contributed by atoms with E-state index in [1.807, 2.05) is 55.5 Å². The van der Waals surface area contributed by atoms with Crippen LogP contribution in [-0.2, 0) is 4.79 Å². The number of benzene rings is 2. The number of thioether (sulfide) groups is 1. The molecule has 0 saturated heterocycles. The van der Waals surface area contributed by atoms with Gasteiger partial charge < -0.3 is 10.1 Å². The van der Waals surface area contributed by atoms with Crippen LogP contribution in [0.3, 0.4) is 0 Å². The van der Waals surface area contributed by atoms with Gasteiger partial charge in [-0.15, -0.1) is 5.10 Å². The van der Waals surface area contributed by atoms with Crippen molar-refractivity contribution in [1.29, 1.82) is 0 Å². The van der Waals surface area contributed by atoms with E-state index in [0.717, 1.165) is 21.6 Å². The van der Waals surface area contributed by atoms with E-state index in [2.05, 4.69) is 36.8 Å². The summed E-state index contributed by atoms with van der Waals surface area (Å²) in [5.74, 6) is 0.625. The van der Waals surface area contributed by atoms with Crippen LogP contribution in [-0.4, -0.2) is 38.5 Å². The molecule has 0 fully saturated rings. The Morgan fingerprint density at radius 3 is 2.54 bits per heavy atom. The molecule has 7 nitrogen and oxygen atoms in total. The van der Waals surface area contributed by atoms with E-state index >= 15 is 0 Å². The number of nitrogens with zero attached hydrogens (tertiary/aromatic N) is 4. The summed E-state index contributed by atoms with van der Waals surface area (Å²) in [7, 11) is 1.61. The van der Waals surface area contributed by atoms with Crippen molar-refractivity contribution in [3.8, 4) is 11.4 Å². The maximum absolute atomic E-state index is 12.4. The third kappa shape index (κ3) is 4.41. The Bertz CT molecular complexity index is 883. The lowest BCUT2D eigenvalue weighted by molar-refractivity contribution is -0.115. The van der Waals surface area contributed by atoms with Crippen LogP contribution in [0.1, 0.15) is 6.92 Å². The summed E-state index contributed by atoms with van der Waals surface area (Å²) in [4.78, 5) is 12.4. The fourth-order valence-corrected chi connectivity index (χ4v) is 3.20.